The van der Waals surface area contributed by atoms with Gasteiger partial charge in [0.1, 0.15) is 5.82 Å². The van der Waals surface area contributed by atoms with E-state index in [0.717, 1.165) is 31.5 Å². The smallest absolute Gasteiger partial charge is 0.128 e. The second kappa shape index (κ2) is 4.93. The third-order valence-corrected chi connectivity index (χ3v) is 3.41. The maximum atomic E-state index is 13.8. The first-order chi connectivity index (χ1) is 7.74. The summed E-state index contributed by atoms with van der Waals surface area (Å²) < 4.78 is 13.8. The van der Waals surface area contributed by atoms with E-state index in [2.05, 4.69) is 11.8 Å². The molecule has 0 spiro atoms. The van der Waals surface area contributed by atoms with Gasteiger partial charge in [-0.2, -0.15) is 0 Å². The van der Waals surface area contributed by atoms with E-state index in [9.17, 15) is 4.39 Å². The van der Waals surface area contributed by atoms with Crippen molar-refractivity contribution >= 4 is 0 Å². The summed E-state index contributed by atoms with van der Waals surface area (Å²) >= 11 is 0. The summed E-state index contributed by atoms with van der Waals surface area (Å²) in [4.78, 5) is 2.27. The topological polar surface area (TPSA) is 29.3 Å². The highest BCUT2D eigenvalue weighted by atomic mass is 19.1. The Bertz CT molecular complexity index is 354. The standard InChI is InChI=1S/C13H19FN2/c1-2-16-9-5-8-12(15)13(16)10-6-3-4-7-11(10)14/h3-4,6-7,12-13H,2,5,8-9,15H2,1H3. The van der Waals surface area contributed by atoms with Gasteiger partial charge < -0.3 is 5.73 Å². The van der Waals surface area contributed by atoms with Crippen LogP contribution in [0.4, 0.5) is 4.39 Å². The molecule has 1 aliphatic rings. The third kappa shape index (κ3) is 2.11. The number of nitrogens with zero attached hydrogens (tertiary/aromatic N) is 1. The Labute approximate surface area is 96.2 Å². The zero-order chi connectivity index (χ0) is 11.5. The summed E-state index contributed by atoms with van der Waals surface area (Å²) in [5.41, 5.74) is 6.88. The van der Waals surface area contributed by atoms with Gasteiger partial charge in [0.2, 0.25) is 0 Å². The molecule has 2 N–H and O–H groups in total. The fourth-order valence-corrected chi connectivity index (χ4v) is 2.59. The lowest BCUT2D eigenvalue weighted by atomic mass is 9.91. The number of halogens is 1. The van der Waals surface area contributed by atoms with Crippen LogP contribution in [0.2, 0.25) is 0 Å². The number of likely N-dealkylation sites (N-methyl/N-ethyl adjacent to an activating group) is 1. The number of benzene rings is 1. The molecule has 1 fully saturated rings. The van der Waals surface area contributed by atoms with E-state index >= 15 is 0 Å². The fraction of sp³-hybridized carbons (Fsp3) is 0.538. The van der Waals surface area contributed by atoms with Crippen LogP contribution in [0.5, 0.6) is 0 Å². The fourth-order valence-electron chi connectivity index (χ4n) is 2.59. The van der Waals surface area contributed by atoms with Crippen molar-refractivity contribution in [1.29, 1.82) is 0 Å². The van der Waals surface area contributed by atoms with Gasteiger partial charge in [-0.3, -0.25) is 4.90 Å². The molecule has 1 aliphatic heterocycles. The Morgan fingerprint density at radius 3 is 2.88 bits per heavy atom. The molecule has 1 aromatic carbocycles. The van der Waals surface area contributed by atoms with Crippen molar-refractivity contribution in [2.75, 3.05) is 13.1 Å². The Morgan fingerprint density at radius 2 is 2.19 bits per heavy atom. The van der Waals surface area contributed by atoms with Crippen molar-refractivity contribution < 1.29 is 4.39 Å². The molecule has 0 saturated carbocycles. The Balaban J connectivity index is 2.32. The summed E-state index contributed by atoms with van der Waals surface area (Å²) in [5, 5.41) is 0. The maximum Gasteiger partial charge on any atom is 0.128 e. The first kappa shape index (κ1) is 11.6. The Morgan fingerprint density at radius 1 is 1.44 bits per heavy atom. The lowest BCUT2D eigenvalue weighted by molar-refractivity contribution is 0.133. The first-order valence-electron chi connectivity index (χ1n) is 5.98. The van der Waals surface area contributed by atoms with Gasteiger partial charge >= 0.3 is 0 Å². The van der Waals surface area contributed by atoms with Gasteiger partial charge in [0.05, 0.1) is 6.04 Å². The molecule has 0 aliphatic carbocycles. The molecule has 0 radical (unpaired) electrons. The highest BCUT2D eigenvalue weighted by Crippen LogP contribution is 2.31. The van der Waals surface area contributed by atoms with Crippen molar-refractivity contribution in [3.05, 3.63) is 35.6 Å². The molecule has 0 bridgehead atoms. The van der Waals surface area contributed by atoms with Gasteiger partial charge in [-0.05, 0) is 32.0 Å². The number of likely N-dealkylation sites (tertiary alicyclic amines) is 1. The molecule has 2 unspecified atom stereocenters. The van der Waals surface area contributed by atoms with Gasteiger partial charge in [-0.1, -0.05) is 25.1 Å². The van der Waals surface area contributed by atoms with Crippen LogP contribution in [0.3, 0.4) is 0 Å². The van der Waals surface area contributed by atoms with E-state index in [-0.39, 0.29) is 17.9 Å². The van der Waals surface area contributed by atoms with Gasteiger partial charge in [0.15, 0.2) is 0 Å². The van der Waals surface area contributed by atoms with Crippen LogP contribution >= 0.6 is 0 Å². The molecule has 16 heavy (non-hydrogen) atoms. The molecule has 2 atom stereocenters. The van der Waals surface area contributed by atoms with Crippen molar-refractivity contribution in [2.24, 2.45) is 5.73 Å². The van der Waals surface area contributed by atoms with Gasteiger partial charge in [-0.15, -0.1) is 0 Å². The van der Waals surface area contributed by atoms with Gasteiger partial charge in [0, 0.05) is 11.6 Å². The van der Waals surface area contributed by atoms with Gasteiger partial charge in [0.25, 0.3) is 0 Å². The number of rotatable bonds is 2. The van der Waals surface area contributed by atoms with E-state index in [1.165, 1.54) is 6.07 Å². The summed E-state index contributed by atoms with van der Waals surface area (Å²) in [6.45, 7) is 4.04. The molecule has 3 heteroatoms. The molecule has 1 aromatic rings. The van der Waals surface area contributed by atoms with Crippen LogP contribution < -0.4 is 5.73 Å². The second-order valence-electron chi connectivity index (χ2n) is 4.40. The van der Waals surface area contributed by atoms with Crippen LogP contribution in [0.1, 0.15) is 31.4 Å². The average Bonchev–Trinajstić information content (AvgIpc) is 2.30. The largest absolute Gasteiger partial charge is 0.326 e. The van der Waals surface area contributed by atoms with Crippen molar-refractivity contribution in [1.82, 2.24) is 4.90 Å². The Kier molecular flexibility index (Phi) is 3.56. The predicted octanol–water partition coefficient (Wildman–Crippen LogP) is 2.31. The molecule has 1 saturated heterocycles. The zero-order valence-corrected chi connectivity index (χ0v) is 9.70. The molecule has 1 heterocycles. The summed E-state index contributed by atoms with van der Waals surface area (Å²) in [5.74, 6) is -0.136. The monoisotopic (exact) mass is 222 g/mol. The van der Waals surface area contributed by atoms with Crippen LogP contribution in [-0.4, -0.2) is 24.0 Å². The Hall–Kier alpha value is -0.930. The minimum atomic E-state index is -0.136. The van der Waals surface area contributed by atoms with Crippen LogP contribution in [0, 0.1) is 5.82 Å². The summed E-state index contributed by atoms with van der Waals surface area (Å²) in [6, 6.07) is 7.07. The van der Waals surface area contributed by atoms with E-state index in [0.29, 0.717) is 0 Å². The molecule has 0 amide bonds. The lowest BCUT2D eigenvalue weighted by Crippen LogP contribution is -2.46. The number of hydrogen-bond donors (Lipinski definition) is 1. The quantitative estimate of drug-likeness (QED) is 0.832. The predicted molar refractivity (Wildman–Crippen MR) is 63.6 cm³/mol. The van der Waals surface area contributed by atoms with Crippen molar-refractivity contribution in [3.8, 4) is 0 Å². The number of nitrogens with two attached hydrogens (primary N) is 1. The zero-order valence-electron chi connectivity index (χ0n) is 9.70. The third-order valence-electron chi connectivity index (χ3n) is 3.41. The van der Waals surface area contributed by atoms with E-state index in [4.69, 9.17) is 5.73 Å². The lowest BCUT2D eigenvalue weighted by Gasteiger charge is -2.39. The first-order valence-corrected chi connectivity index (χ1v) is 5.98. The van der Waals surface area contributed by atoms with Crippen molar-refractivity contribution in [3.63, 3.8) is 0 Å². The minimum absolute atomic E-state index is 0.0416. The highest BCUT2D eigenvalue weighted by molar-refractivity contribution is 5.23. The second-order valence-corrected chi connectivity index (χ2v) is 4.40. The van der Waals surface area contributed by atoms with E-state index in [1.807, 2.05) is 12.1 Å². The molecule has 2 rings (SSSR count). The summed E-state index contributed by atoms with van der Waals surface area (Å²) in [6.07, 6.45) is 2.09. The minimum Gasteiger partial charge on any atom is -0.326 e. The molecule has 88 valence electrons. The van der Waals surface area contributed by atoms with Crippen LogP contribution in [0.25, 0.3) is 0 Å². The SMILES string of the molecule is CCN1CCCC(N)C1c1ccccc1F. The molecular weight excluding hydrogens is 203 g/mol. The van der Waals surface area contributed by atoms with Gasteiger partial charge in [-0.25, -0.2) is 4.39 Å². The molecule has 2 nitrogen and oxygen atoms in total. The normalized spacial score (nSPS) is 26.9. The van der Waals surface area contributed by atoms with E-state index in [1.54, 1.807) is 6.07 Å². The number of piperidine rings is 1. The average molecular weight is 222 g/mol. The molecule has 0 aromatic heterocycles. The number of hydrogen-bond acceptors (Lipinski definition) is 2. The summed E-state index contributed by atoms with van der Waals surface area (Å²) in [7, 11) is 0. The van der Waals surface area contributed by atoms with Crippen molar-refractivity contribution in [2.45, 2.75) is 31.8 Å². The molecular formula is C13H19FN2. The van der Waals surface area contributed by atoms with E-state index < -0.39 is 0 Å². The van der Waals surface area contributed by atoms with Crippen LogP contribution in [-0.2, 0) is 0 Å². The maximum absolute atomic E-state index is 13.8. The van der Waals surface area contributed by atoms with Crippen LogP contribution in [0.15, 0.2) is 24.3 Å². The highest BCUT2D eigenvalue weighted by Gasteiger charge is 2.30.